The normalized spacial score (nSPS) is 35.8. The van der Waals surface area contributed by atoms with Crippen LogP contribution in [0, 0.1) is 23.7 Å². The first-order valence-electron chi connectivity index (χ1n) is 8.93. The van der Waals surface area contributed by atoms with Crippen LogP contribution in [0.3, 0.4) is 0 Å². The van der Waals surface area contributed by atoms with E-state index < -0.39 is 9.84 Å². The molecule has 0 unspecified atom stereocenters. The Bertz CT molecular complexity index is 627. The second kappa shape index (κ2) is 5.89. The summed E-state index contributed by atoms with van der Waals surface area (Å²) in [5.74, 6) is 3.49. The van der Waals surface area contributed by atoms with Crippen LogP contribution in [0.5, 0.6) is 0 Å². The van der Waals surface area contributed by atoms with Gasteiger partial charge in [-0.3, -0.25) is 4.90 Å². The highest BCUT2D eigenvalue weighted by molar-refractivity contribution is 7.90. The molecule has 1 aromatic carbocycles. The van der Waals surface area contributed by atoms with Gasteiger partial charge in [0.2, 0.25) is 0 Å². The van der Waals surface area contributed by atoms with Crippen molar-refractivity contribution in [3.63, 3.8) is 0 Å². The summed E-state index contributed by atoms with van der Waals surface area (Å²) in [4.78, 5) is 2.29. The largest absolute Gasteiger partial charge is 0.282 e. The molecule has 23 heavy (non-hydrogen) atoms. The van der Waals surface area contributed by atoms with Gasteiger partial charge >= 0.3 is 0 Å². The van der Waals surface area contributed by atoms with Crippen LogP contribution < -0.4 is 0 Å². The fourth-order valence-electron chi connectivity index (χ4n) is 5.85. The van der Waals surface area contributed by atoms with Crippen molar-refractivity contribution in [2.75, 3.05) is 12.1 Å². The maximum atomic E-state index is 12.0. The lowest BCUT2D eigenvalue weighted by molar-refractivity contribution is -0.0624. The minimum absolute atomic E-state index is 0.203. The molecule has 0 N–H and O–H groups in total. The molecule has 4 aliphatic carbocycles. The highest BCUT2D eigenvalue weighted by atomic mass is 32.2. The number of hydrogen-bond acceptors (Lipinski definition) is 3. The van der Waals surface area contributed by atoms with E-state index in [1.165, 1.54) is 43.9 Å². The van der Waals surface area contributed by atoms with E-state index in [0.717, 1.165) is 30.2 Å². The van der Waals surface area contributed by atoms with Crippen molar-refractivity contribution < 1.29 is 8.42 Å². The first kappa shape index (κ1) is 15.6. The number of hydrogen-bond donors (Lipinski definition) is 0. The van der Waals surface area contributed by atoms with Crippen molar-refractivity contribution >= 4 is 9.84 Å². The van der Waals surface area contributed by atoms with Gasteiger partial charge in [-0.2, -0.15) is 0 Å². The molecule has 0 heterocycles. The quantitative estimate of drug-likeness (QED) is 0.829. The van der Waals surface area contributed by atoms with Crippen molar-refractivity contribution in [3.8, 4) is 0 Å². The topological polar surface area (TPSA) is 37.4 Å². The molecule has 1 aromatic rings. The second-order valence-corrected chi connectivity index (χ2v) is 10.3. The lowest BCUT2D eigenvalue weighted by atomic mass is 9.54. The summed E-state index contributed by atoms with van der Waals surface area (Å²) in [5.41, 5.74) is 1.23. The lowest BCUT2D eigenvalue weighted by Crippen LogP contribution is -2.56. The summed E-state index contributed by atoms with van der Waals surface area (Å²) >= 11 is 0. The molecule has 0 radical (unpaired) electrons. The SMILES string of the molecule is CS(=O)(=O)CN(Cc1ccccc1)C1C2CC3CC(C2)CC1C3. The second-order valence-electron chi connectivity index (χ2n) is 8.21. The zero-order valence-electron chi connectivity index (χ0n) is 13.9. The summed E-state index contributed by atoms with van der Waals surface area (Å²) in [6.07, 6.45) is 8.12. The summed E-state index contributed by atoms with van der Waals surface area (Å²) in [6.45, 7) is 0.765. The van der Waals surface area contributed by atoms with Crippen LogP contribution in [-0.4, -0.2) is 31.5 Å². The van der Waals surface area contributed by atoms with Crippen LogP contribution in [0.25, 0.3) is 0 Å². The fraction of sp³-hybridized carbons (Fsp3) is 0.684. The summed E-state index contributed by atoms with van der Waals surface area (Å²) in [6, 6.07) is 10.8. The van der Waals surface area contributed by atoms with Crippen molar-refractivity contribution in [1.29, 1.82) is 0 Å². The molecule has 0 saturated heterocycles. The van der Waals surface area contributed by atoms with E-state index in [1.807, 2.05) is 18.2 Å². The Morgan fingerprint density at radius 2 is 1.52 bits per heavy atom. The van der Waals surface area contributed by atoms with Gasteiger partial charge in [-0.1, -0.05) is 30.3 Å². The van der Waals surface area contributed by atoms with Crippen molar-refractivity contribution in [3.05, 3.63) is 35.9 Å². The van der Waals surface area contributed by atoms with Gasteiger partial charge in [-0.15, -0.1) is 0 Å². The van der Waals surface area contributed by atoms with Gasteiger partial charge < -0.3 is 0 Å². The Balaban J connectivity index is 1.59. The highest BCUT2D eigenvalue weighted by Crippen LogP contribution is 2.55. The maximum Gasteiger partial charge on any atom is 0.160 e. The molecule has 3 nitrogen and oxygen atoms in total. The predicted octanol–water partition coefficient (Wildman–Crippen LogP) is 3.32. The average molecular weight is 333 g/mol. The van der Waals surface area contributed by atoms with E-state index in [1.54, 1.807) is 0 Å². The smallest absolute Gasteiger partial charge is 0.160 e. The molecule has 4 fully saturated rings. The average Bonchev–Trinajstić information content (AvgIpc) is 2.45. The van der Waals surface area contributed by atoms with Gasteiger partial charge in [0.05, 0.1) is 0 Å². The Kier molecular flexibility index (Phi) is 4.01. The first-order valence-corrected chi connectivity index (χ1v) is 11.0. The van der Waals surface area contributed by atoms with Gasteiger partial charge in [-0.05, 0) is 61.3 Å². The van der Waals surface area contributed by atoms with E-state index in [9.17, 15) is 8.42 Å². The van der Waals surface area contributed by atoms with Gasteiger partial charge in [0.1, 0.15) is 5.88 Å². The number of benzene rings is 1. The van der Waals surface area contributed by atoms with Crippen LogP contribution in [0.2, 0.25) is 0 Å². The Morgan fingerprint density at radius 1 is 0.957 bits per heavy atom. The number of nitrogens with zero attached hydrogens (tertiary/aromatic N) is 1. The van der Waals surface area contributed by atoms with Gasteiger partial charge in [-0.25, -0.2) is 8.42 Å². The van der Waals surface area contributed by atoms with Crippen LogP contribution in [-0.2, 0) is 16.4 Å². The molecule has 4 bridgehead atoms. The third-order valence-electron chi connectivity index (χ3n) is 6.23. The van der Waals surface area contributed by atoms with Gasteiger partial charge in [0.15, 0.2) is 9.84 Å². The molecule has 0 aliphatic heterocycles. The molecule has 4 aliphatic rings. The summed E-state index contributed by atoms with van der Waals surface area (Å²) < 4.78 is 24.1. The van der Waals surface area contributed by atoms with Crippen LogP contribution in [0.15, 0.2) is 30.3 Å². The number of rotatable bonds is 5. The standard InChI is InChI=1S/C19H27NO2S/c1-23(21,22)13-20(12-14-5-3-2-4-6-14)19-17-8-15-7-16(10-17)11-18(19)9-15/h2-6,15-19H,7-13H2,1H3. The van der Waals surface area contributed by atoms with Crippen LogP contribution in [0.1, 0.15) is 37.7 Å². The molecule has 0 aromatic heterocycles. The molecule has 0 amide bonds. The van der Waals surface area contributed by atoms with E-state index in [4.69, 9.17) is 0 Å². The van der Waals surface area contributed by atoms with E-state index in [-0.39, 0.29) is 5.88 Å². The highest BCUT2D eigenvalue weighted by Gasteiger charge is 2.50. The maximum absolute atomic E-state index is 12.0. The zero-order valence-corrected chi connectivity index (χ0v) is 14.7. The van der Waals surface area contributed by atoms with Crippen LogP contribution >= 0.6 is 0 Å². The van der Waals surface area contributed by atoms with Gasteiger partial charge in [0, 0.05) is 18.8 Å². The van der Waals surface area contributed by atoms with E-state index in [2.05, 4.69) is 17.0 Å². The zero-order chi connectivity index (χ0) is 16.0. The minimum Gasteiger partial charge on any atom is -0.282 e. The van der Waals surface area contributed by atoms with E-state index in [0.29, 0.717) is 6.04 Å². The monoisotopic (exact) mass is 333 g/mol. The molecule has 4 saturated carbocycles. The Hall–Kier alpha value is -0.870. The van der Waals surface area contributed by atoms with Crippen molar-refractivity contribution in [2.24, 2.45) is 23.7 Å². The molecular formula is C19H27NO2S. The third-order valence-corrected chi connectivity index (χ3v) is 7.03. The third kappa shape index (κ3) is 3.34. The molecular weight excluding hydrogens is 306 g/mol. The predicted molar refractivity (Wildman–Crippen MR) is 92.5 cm³/mol. The van der Waals surface area contributed by atoms with Crippen molar-refractivity contribution in [1.82, 2.24) is 4.90 Å². The van der Waals surface area contributed by atoms with Crippen molar-refractivity contribution in [2.45, 2.75) is 44.7 Å². The molecule has 126 valence electrons. The van der Waals surface area contributed by atoms with E-state index >= 15 is 0 Å². The van der Waals surface area contributed by atoms with Gasteiger partial charge in [0.25, 0.3) is 0 Å². The Morgan fingerprint density at radius 3 is 2.04 bits per heavy atom. The molecule has 0 atom stereocenters. The molecule has 4 heteroatoms. The molecule has 5 rings (SSSR count). The molecule has 0 spiro atoms. The summed E-state index contributed by atoms with van der Waals surface area (Å²) in [7, 11) is -3.00. The first-order chi connectivity index (χ1) is 11.0. The number of sulfone groups is 1. The lowest BCUT2D eigenvalue weighted by Gasteiger charge is -2.57. The Labute approximate surface area is 140 Å². The fourth-order valence-corrected chi connectivity index (χ4v) is 6.71. The van der Waals surface area contributed by atoms with Crippen LogP contribution in [0.4, 0.5) is 0 Å². The summed E-state index contributed by atoms with van der Waals surface area (Å²) in [5, 5.41) is 0. The minimum atomic E-state index is -3.00.